The molecule has 1 aliphatic heterocycles. The van der Waals surface area contributed by atoms with E-state index in [1.165, 1.54) is 22.3 Å². The van der Waals surface area contributed by atoms with E-state index in [4.69, 9.17) is 0 Å². The minimum absolute atomic E-state index is 0. The van der Waals surface area contributed by atoms with Crippen LogP contribution in [-0.2, 0) is 0 Å². The summed E-state index contributed by atoms with van der Waals surface area (Å²) in [4.78, 5) is 5.04. The van der Waals surface area contributed by atoms with Gasteiger partial charge in [0.1, 0.15) is 5.82 Å². The summed E-state index contributed by atoms with van der Waals surface area (Å²) in [7, 11) is 2.20. The molecule has 1 fully saturated rings. The lowest BCUT2D eigenvalue weighted by Gasteiger charge is -2.37. The van der Waals surface area contributed by atoms with E-state index in [0.717, 1.165) is 32.6 Å². The Morgan fingerprint density at radius 1 is 0.885 bits per heavy atom. The van der Waals surface area contributed by atoms with Crippen molar-refractivity contribution in [3.8, 4) is 0 Å². The highest BCUT2D eigenvalue weighted by Gasteiger charge is 2.36. The van der Waals surface area contributed by atoms with Gasteiger partial charge < -0.3 is 4.90 Å². The largest absolute Gasteiger partial charge is 0.304 e. The molecule has 2 aromatic carbocycles. The van der Waals surface area contributed by atoms with Crippen LogP contribution >= 0.6 is 24.8 Å². The van der Waals surface area contributed by atoms with Crippen LogP contribution in [-0.4, -0.2) is 43.0 Å². The highest BCUT2D eigenvalue weighted by atomic mass is 35.5. The monoisotopic (exact) mass is 396 g/mol. The number of likely N-dealkylation sites (N-methyl/N-ethyl adjacent to an activating group) is 1. The Hall–Kier alpha value is -1.13. The van der Waals surface area contributed by atoms with Gasteiger partial charge in [-0.1, -0.05) is 35.9 Å². The quantitative estimate of drug-likeness (QED) is 0.718. The summed E-state index contributed by atoms with van der Waals surface area (Å²) in [6.07, 6.45) is 1.11. The third-order valence-corrected chi connectivity index (χ3v) is 5.69. The van der Waals surface area contributed by atoms with Gasteiger partial charge in [0.05, 0.1) is 0 Å². The maximum Gasteiger partial charge on any atom is 0.123 e. The molecular weight excluding hydrogens is 370 g/mol. The van der Waals surface area contributed by atoms with Gasteiger partial charge >= 0.3 is 0 Å². The fourth-order valence-corrected chi connectivity index (χ4v) is 4.27. The number of piperazine rings is 1. The van der Waals surface area contributed by atoms with Gasteiger partial charge in [0, 0.05) is 38.1 Å². The molecule has 142 valence electrons. The molecule has 1 aliphatic carbocycles. The summed E-state index contributed by atoms with van der Waals surface area (Å²) in [6, 6.07) is 14.4. The fourth-order valence-electron chi connectivity index (χ4n) is 4.27. The molecule has 0 spiro atoms. The normalized spacial score (nSPS) is 23.0. The Bertz CT molecular complexity index is 727. The van der Waals surface area contributed by atoms with Crippen LogP contribution in [0.1, 0.15) is 40.6 Å². The molecule has 0 unspecified atom stereocenters. The topological polar surface area (TPSA) is 6.48 Å². The summed E-state index contributed by atoms with van der Waals surface area (Å²) in [6.45, 7) is 6.71. The lowest BCUT2D eigenvalue weighted by atomic mass is 9.92. The van der Waals surface area contributed by atoms with Crippen LogP contribution in [0, 0.1) is 12.7 Å². The van der Waals surface area contributed by atoms with Crippen LogP contribution in [0.5, 0.6) is 0 Å². The SMILES string of the molecule is Cc1ccc2c(c1)[C@@H](N1CCN(C)CC1)C[C@@H]2c1ccc(F)cc1.Cl.Cl. The average molecular weight is 397 g/mol. The molecule has 0 N–H and O–H groups in total. The van der Waals surface area contributed by atoms with Gasteiger partial charge in [0.2, 0.25) is 0 Å². The molecule has 2 atom stereocenters. The van der Waals surface area contributed by atoms with E-state index in [2.05, 4.69) is 42.0 Å². The smallest absolute Gasteiger partial charge is 0.123 e. The summed E-state index contributed by atoms with van der Waals surface area (Å²) in [5.41, 5.74) is 5.47. The first kappa shape index (κ1) is 21.2. The van der Waals surface area contributed by atoms with E-state index < -0.39 is 0 Å². The Morgan fingerprint density at radius 2 is 1.54 bits per heavy atom. The molecule has 2 nitrogen and oxygen atoms in total. The highest BCUT2D eigenvalue weighted by molar-refractivity contribution is 5.85. The second-order valence-corrected chi connectivity index (χ2v) is 7.33. The van der Waals surface area contributed by atoms with E-state index in [9.17, 15) is 4.39 Å². The molecule has 5 heteroatoms. The number of fused-ring (bicyclic) bond motifs is 1. The second-order valence-electron chi connectivity index (χ2n) is 7.33. The van der Waals surface area contributed by atoms with Crippen molar-refractivity contribution in [1.29, 1.82) is 0 Å². The molecule has 0 aromatic heterocycles. The van der Waals surface area contributed by atoms with Crippen molar-refractivity contribution in [3.05, 3.63) is 70.5 Å². The lowest BCUT2D eigenvalue weighted by Crippen LogP contribution is -2.45. The summed E-state index contributed by atoms with van der Waals surface area (Å²) < 4.78 is 13.3. The molecule has 2 aliphatic rings. The van der Waals surface area contributed by atoms with Crippen LogP contribution in [0.3, 0.4) is 0 Å². The van der Waals surface area contributed by atoms with Gasteiger partial charge in [-0.25, -0.2) is 4.39 Å². The van der Waals surface area contributed by atoms with E-state index in [1.54, 1.807) is 12.1 Å². The molecule has 1 heterocycles. The molecule has 1 saturated heterocycles. The van der Waals surface area contributed by atoms with Crippen LogP contribution in [0.15, 0.2) is 42.5 Å². The third kappa shape index (κ3) is 4.07. The molecule has 2 aromatic rings. The summed E-state index contributed by atoms with van der Waals surface area (Å²) in [5.74, 6) is 0.224. The number of halogens is 3. The first-order valence-corrected chi connectivity index (χ1v) is 8.90. The van der Waals surface area contributed by atoms with Crippen molar-refractivity contribution in [2.24, 2.45) is 0 Å². The molecule has 0 bridgehead atoms. The Labute approximate surface area is 168 Å². The number of benzene rings is 2. The zero-order valence-electron chi connectivity index (χ0n) is 15.3. The summed E-state index contributed by atoms with van der Waals surface area (Å²) >= 11 is 0. The lowest BCUT2D eigenvalue weighted by molar-refractivity contribution is 0.110. The number of rotatable bonds is 2. The van der Waals surface area contributed by atoms with Gasteiger partial charge in [-0.05, 0) is 49.2 Å². The van der Waals surface area contributed by atoms with Gasteiger partial charge in [-0.15, -0.1) is 24.8 Å². The number of nitrogens with zero attached hydrogens (tertiary/aromatic N) is 2. The first-order valence-electron chi connectivity index (χ1n) is 8.90. The highest BCUT2D eigenvalue weighted by Crippen LogP contribution is 2.47. The van der Waals surface area contributed by atoms with Gasteiger partial charge in [-0.3, -0.25) is 4.90 Å². The van der Waals surface area contributed by atoms with Crippen molar-refractivity contribution >= 4 is 24.8 Å². The predicted molar refractivity (Wildman–Crippen MR) is 110 cm³/mol. The minimum atomic E-state index is -0.156. The predicted octanol–water partition coefficient (Wildman–Crippen LogP) is 4.80. The maximum atomic E-state index is 13.3. The summed E-state index contributed by atoms with van der Waals surface area (Å²) in [5, 5.41) is 0. The van der Waals surface area contributed by atoms with Gasteiger partial charge in [-0.2, -0.15) is 0 Å². The molecule has 0 radical (unpaired) electrons. The Morgan fingerprint density at radius 3 is 2.19 bits per heavy atom. The van der Waals surface area contributed by atoms with E-state index in [-0.39, 0.29) is 30.6 Å². The Kier molecular flexibility index (Phi) is 7.09. The zero-order valence-corrected chi connectivity index (χ0v) is 17.0. The van der Waals surface area contributed by atoms with Crippen LogP contribution in [0.2, 0.25) is 0 Å². The molecule has 0 saturated carbocycles. The van der Waals surface area contributed by atoms with Crippen molar-refractivity contribution in [2.45, 2.75) is 25.3 Å². The van der Waals surface area contributed by atoms with Crippen LogP contribution in [0.4, 0.5) is 4.39 Å². The van der Waals surface area contributed by atoms with E-state index in [1.807, 2.05) is 12.1 Å². The van der Waals surface area contributed by atoms with Crippen LogP contribution in [0.25, 0.3) is 0 Å². The van der Waals surface area contributed by atoms with Gasteiger partial charge in [0.25, 0.3) is 0 Å². The zero-order chi connectivity index (χ0) is 16.7. The minimum Gasteiger partial charge on any atom is -0.304 e. The Balaban J connectivity index is 0.00000121. The van der Waals surface area contributed by atoms with Crippen molar-refractivity contribution in [3.63, 3.8) is 0 Å². The molecule has 0 amide bonds. The van der Waals surface area contributed by atoms with Crippen molar-refractivity contribution < 1.29 is 4.39 Å². The first-order chi connectivity index (χ1) is 11.6. The standard InChI is InChI=1S/C21H25FN2.2ClH/c1-15-3-8-18-19(16-4-6-17(22)7-5-16)14-21(20(18)13-15)24-11-9-23(2)10-12-24;;/h3-8,13,19,21H,9-12,14H2,1-2H3;2*1H/t19-,21+;;/m1../s1. The number of aryl methyl sites for hydroxylation is 1. The number of hydrogen-bond acceptors (Lipinski definition) is 2. The molecule has 4 rings (SSSR count). The van der Waals surface area contributed by atoms with Crippen molar-refractivity contribution in [1.82, 2.24) is 9.80 Å². The molecule has 26 heavy (non-hydrogen) atoms. The van der Waals surface area contributed by atoms with Crippen molar-refractivity contribution in [2.75, 3.05) is 33.2 Å². The van der Waals surface area contributed by atoms with E-state index >= 15 is 0 Å². The fraction of sp³-hybridized carbons (Fsp3) is 0.429. The molecular formula is C21H27Cl2FN2. The van der Waals surface area contributed by atoms with Gasteiger partial charge in [0.15, 0.2) is 0 Å². The maximum absolute atomic E-state index is 13.3. The van der Waals surface area contributed by atoms with Crippen LogP contribution < -0.4 is 0 Å². The number of hydrogen-bond donors (Lipinski definition) is 0. The van der Waals surface area contributed by atoms with E-state index in [0.29, 0.717) is 12.0 Å². The average Bonchev–Trinajstić information content (AvgIpc) is 2.95. The third-order valence-electron chi connectivity index (χ3n) is 5.69. The second kappa shape index (κ2) is 8.71.